The molecule has 1 heterocycles. The smallest absolute Gasteiger partial charge is 0.243 e. The lowest BCUT2D eigenvalue weighted by Crippen LogP contribution is -2.46. The van der Waals surface area contributed by atoms with Gasteiger partial charge in [-0.3, -0.25) is 4.79 Å². The Hall–Kier alpha value is -0.690. The summed E-state index contributed by atoms with van der Waals surface area (Å²) in [6, 6.07) is 2.71. The van der Waals surface area contributed by atoms with Crippen LogP contribution in [0.25, 0.3) is 0 Å². The van der Waals surface area contributed by atoms with Crippen LogP contribution in [0, 0.1) is 16.7 Å². The van der Waals surface area contributed by atoms with Gasteiger partial charge in [0.15, 0.2) is 0 Å². The third-order valence-corrected chi connectivity index (χ3v) is 5.50. The number of hydrogen-bond donors (Lipinski definition) is 0. The molecule has 1 atom stereocenters. The molecule has 100 valence electrons. The predicted molar refractivity (Wildman–Crippen MR) is 74.2 cm³/mol. The van der Waals surface area contributed by atoms with Crippen LogP contribution >= 0.6 is 11.8 Å². The fraction of sp³-hybridized carbons (Fsp3) is 0.857. The van der Waals surface area contributed by atoms with E-state index in [0.29, 0.717) is 6.04 Å². The second-order valence-electron chi connectivity index (χ2n) is 5.54. The highest BCUT2D eigenvalue weighted by molar-refractivity contribution is 7.99. The van der Waals surface area contributed by atoms with Gasteiger partial charge in [-0.05, 0) is 25.0 Å². The molecule has 0 bridgehead atoms. The van der Waals surface area contributed by atoms with E-state index in [-0.39, 0.29) is 5.91 Å². The Balaban J connectivity index is 2.10. The van der Waals surface area contributed by atoms with Crippen LogP contribution < -0.4 is 0 Å². The lowest BCUT2D eigenvalue weighted by atomic mass is 9.80. The monoisotopic (exact) mass is 266 g/mol. The topological polar surface area (TPSA) is 44.1 Å². The molecule has 1 saturated heterocycles. The molecule has 0 radical (unpaired) electrons. The summed E-state index contributed by atoms with van der Waals surface area (Å²) >= 11 is 1.91. The molecule has 18 heavy (non-hydrogen) atoms. The van der Waals surface area contributed by atoms with Crippen LogP contribution in [0.15, 0.2) is 0 Å². The highest BCUT2D eigenvalue weighted by atomic mass is 32.2. The van der Waals surface area contributed by atoms with E-state index in [1.54, 1.807) is 0 Å². The SMILES string of the molecule is CN(C(=O)C1(C#N)CCCCCC1)C1CCSC1. The first-order valence-electron chi connectivity index (χ1n) is 6.96. The molecule has 0 aromatic heterocycles. The lowest BCUT2D eigenvalue weighted by Gasteiger charge is -2.32. The lowest BCUT2D eigenvalue weighted by molar-refractivity contribution is -0.140. The van der Waals surface area contributed by atoms with E-state index in [9.17, 15) is 10.1 Å². The Morgan fingerprint density at radius 2 is 2.00 bits per heavy atom. The molecule has 1 unspecified atom stereocenters. The van der Waals surface area contributed by atoms with E-state index in [0.717, 1.165) is 43.6 Å². The van der Waals surface area contributed by atoms with Gasteiger partial charge in [0.25, 0.3) is 0 Å². The zero-order valence-electron chi connectivity index (χ0n) is 11.2. The zero-order valence-corrected chi connectivity index (χ0v) is 12.0. The molecular weight excluding hydrogens is 244 g/mol. The number of nitriles is 1. The highest BCUT2D eigenvalue weighted by Gasteiger charge is 2.42. The predicted octanol–water partition coefficient (Wildman–Crippen LogP) is 2.81. The highest BCUT2D eigenvalue weighted by Crippen LogP contribution is 2.37. The van der Waals surface area contributed by atoms with Crippen molar-refractivity contribution in [2.24, 2.45) is 5.41 Å². The van der Waals surface area contributed by atoms with Gasteiger partial charge >= 0.3 is 0 Å². The fourth-order valence-corrected chi connectivity index (χ4v) is 4.30. The first kappa shape index (κ1) is 13.7. The van der Waals surface area contributed by atoms with E-state index < -0.39 is 5.41 Å². The molecule has 2 fully saturated rings. The number of nitrogens with zero attached hydrogens (tertiary/aromatic N) is 2. The van der Waals surface area contributed by atoms with E-state index >= 15 is 0 Å². The second-order valence-corrected chi connectivity index (χ2v) is 6.69. The van der Waals surface area contributed by atoms with Gasteiger partial charge in [-0.1, -0.05) is 25.7 Å². The van der Waals surface area contributed by atoms with Gasteiger partial charge in [0, 0.05) is 18.8 Å². The first-order chi connectivity index (χ1) is 8.69. The zero-order chi connectivity index (χ0) is 13.0. The van der Waals surface area contributed by atoms with Crippen LogP contribution in [0.1, 0.15) is 44.9 Å². The molecule has 1 aliphatic heterocycles. The molecular formula is C14H22N2OS. The van der Waals surface area contributed by atoms with Gasteiger partial charge in [-0.25, -0.2) is 0 Å². The molecule has 3 nitrogen and oxygen atoms in total. The molecule has 0 N–H and O–H groups in total. The van der Waals surface area contributed by atoms with Crippen LogP contribution in [0.2, 0.25) is 0 Å². The van der Waals surface area contributed by atoms with Crippen molar-refractivity contribution in [3.05, 3.63) is 0 Å². The molecule has 1 aliphatic carbocycles. The van der Waals surface area contributed by atoms with Crippen molar-refractivity contribution in [2.45, 2.75) is 51.0 Å². The maximum atomic E-state index is 12.7. The van der Waals surface area contributed by atoms with Crippen molar-refractivity contribution in [1.82, 2.24) is 4.90 Å². The van der Waals surface area contributed by atoms with Crippen molar-refractivity contribution in [1.29, 1.82) is 5.26 Å². The largest absolute Gasteiger partial charge is 0.341 e. The van der Waals surface area contributed by atoms with E-state index in [4.69, 9.17) is 0 Å². The molecule has 2 aliphatic rings. The number of hydrogen-bond acceptors (Lipinski definition) is 3. The summed E-state index contributed by atoms with van der Waals surface area (Å²) in [6.45, 7) is 0. The van der Waals surface area contributed by atoms with Gasteiger partial charge < -0.3 is 4.90 Å². The Bertz CT molecular complexity index is 336. The Labute approximate surface area is 114 Å². The van der Waals surface area contributed by atoms with E-state index in [1.807, 2.05) is 23.7 Å². The molecule has 2 rings (SSSR count). The number of amides is 1. The minimum absolute atomic E-state index is 0.0828. The van der Waals surface area contributed by atoms with Crippen LogP contribution in [0.4, 0.5) is 0 Å². The standard InChI is InChI=1S/C14H22N2OS/c1-16(12-6-9-18-10-12)13(17)14(11-15)7-4-2-3-5-8-14/h12H,2-10H2,1H3. The Kier molecular flexibility index (Phi) is 4.55. The Morgan fingerprint density at radius 3 is 2.50 bits per heavy atom. The number of thioether (sulfide) groups is 1. The summed E-state index contributed by atoms with van der Waals surface area (Å²) in [4.78, 5) is 14.6. The molecule has 4 heteroatoms. The maximum Gasteiger partial charge on any atom is 0.243 e. The summed E-state index contributed by atoms with van der Waals surface area (Å²) in [5, 5.41) is 9.53. The quantitative estimate of drug-likeness (QED) is 0.722. The Morgan fingerprint density at radius 1 is 1.33 bits per heavy atom. The van der Waals surface area contributed by atoms with E-state index in [1.165, 1.54) is 12.8 Å². The number of carbonyl (C=O) groups excluding carboxylic acids is 1. The maximum absolute atomic E-state index is 12.7. The van der Waals surface area contributed by atoms with Crippen LogP contribution in [-0.2, 0) is 4.79 Å². The third-order valence-electron chi connectivity index (χ3n) is 4.35. The average molecular weight is 266 g/mol. The molecule has 1 amide bonds. The van der Waals surface area contributed by atoms with Crippen LogP contribution in [0.5, 0.6) is 0 Å². The van der Waals surface area contributed by atoms with Gasteiger partial charge in [0.1, 0.15) is 5.41 Å². The second kappa shape index (κ2) is 5.97. The van der Waals surface area contributed by atoms with Crippen molar-refractivity contribution < 1.29 is 4.79 Å². The van der Waals surface area contributed by atoms with Crippen molar-refractivity contribution in [3.63, 3.8) is 0 Å². The van der Waals surface area contributed by atoms with Gasteiger partial charge in [-0.2, -0.15) is 17.0 Å². The summed E-state index contributed by atoms with van der Waals surface area (Å²) in [7, 11) is 1.89. The third kappa shape index (κ3) is 2.66. The average Bonchev–Trinajstić information content (AvgIpc) is 2.82. The van der Waals surface area contributed by atoms with Crippen molar-refractivity contribution in [3.8, 4) is 6.07 Å². The first-order valence-corrected chi connectivity index (χ1v) is 8.11. The minimum Gasteiger partial charge on any atom is -0.341 e. The summed E-state index contributed by atoms with van der Waals surface area (Å²) in [6.07, 6.45) is 6.96. The minimum atomic E-state index is -0.724. The number of rotatable bonds is 2. The van der Waals surface area contributed by atoms with Gasteiger partial charge in [-0.15, -0.1) is 0 Å². The van der Waals surface area contributed by atoms with E-state index in [2.05, 4.69) is 6.07 Å². The van der Waals surface area contributed by atoms with Gasteiger partial charge in [0.05, 0.1) is 6.07 Å². The van der Waals surface area contributed by atoms with Crippen molar-refractivity contribution >= 4 is 17.7 Å². The normalized spacial score (nSPS) is 27.2. The number of carbonyl (C=O) groups is 1. The summed E-state index contributed by atoms with van der Waals surface area (Å²) < 4.78 is 0. The van der Waals surface area contributed by atoms with Gasteiger partial charge in [0.2, 0.25) is 5.91 Å². The molecule has 0 aromatic carbocycles. The molecule has 0 spiro atoms. The van der Waals surface area contributed by atoms with Crippen LogP contribution in [-0.4, -0.2) is 35.4 Å². The van der Waals surface area contributed by atoms with Crippen LogP contribution in [0.3, 0.4) is 0 Å². The molecule has 0 aromatic rings. The fourth-order valence-electron chi connectivity index (χ4n) is 3.04. The van der Waals surface area contributed by atoms with Crippen molar-refractivity contribution in [2.75, 3.05) is 18.6 Å². The molecule has 1 saturated carbocycles. The summed E-state index contributed by atoms with van der Waals surface area (Å²) in [5.74, 6) is 2.25. The summed E-state index contributed by atoms with van der Waals surface area (Å²) in [5.41, 5.74) is -0.724.